The lowest BCUT2D eigenvalue weighted by molar-refractivity contribution is -0.127. The van der Waals surface area contributed by atoms with Crippen molar-refractivity contribution < 1.29 is 19.1 Å². The molecule has 2 amide bonds. The Hall–Kier alpha value is -3.81. The molecule has 0 aliphatic rings. The third-order valence-electron chi connectivity index (χ3n) is 4.75. The van der Waals surface area contributed by atoms with Gasteiger partial charge in [-0.1, -0.05) is 30.3 Å². The summed E-state index contributed by atoms with van der Waals surface area (Å²) in [5, 5.41) is 7.33. The fraction of sp³-hybridized carbons (Fsp3) is 0.261. The number of carbonyl (C=O) groups is 2. The number of ether oxygens (including phenoxy) is 2. The number of hydrogen-bond donors (Lipinski definition) is 1. The third-order valence-corrected chi connectivity index (χ3v) is 4.75. The minimum Gasteiger partial charge on any atom is -0.493 e. The Bertz CT molecular complexity index is 1060. The van der Waals surface area contributed by atoms with Crippen molar-refractivity contribution >= 4 is 11.8 Å². The van der Waals surface area contributed by atoms with Gasteiger partial charge >= 0.3 is 0 Å². The number of hydrogen-bond acceptors (Lipinski definition) is 5. The van der Waals surface area contributed by atoms with E-state index in [4.69, 9.17) is 9.47 Å². The second-order valence-corrected chi connectivity index (χ2v) is 7.12. The molecular formula is C23H26N4O4. The summed E-state index contributed by atoms with van der Waals surface area (Å²) >= 11 is 0. The second kappa shape index (κ2) is 9.80. The summed E-state index contributed by atoms with van der Waals surface area (Å²) in [5.41, 5.74) is 2.62. The highest BCUT2D eigenvalue weighted by molar-refractivity contribution is 6.01. The molecule has 31 heavy (non-hydrogen) atoms. The summed E-state index contributed by atoms with van der Waals surface area (Å²) < 4.78 is 12.4. The van der Waals surface area contributed by atoms with Crippen molar-refractivity contribution in [3.8, 4) is 22.8 Å². The normalized spacial score (nSPS) is 10.5. The number of benzene rings is 2. The number of methoxy groups -OCH3 is 2. The van der Waals surface area contributed by atoms with Gasteiger partial charge < -0.3 is 19.7 Å². The van der Waals surface area contributed by atoms with Crippen LogP contribution in [0.25, 0.3) is 11.3 Å². The van der Waals surface area contributed by atoms with Crippen LogP contribution in [-0.2, 0) is 11.3 Å². The molecular weight excluding hydrogens is 396 g/mol. The van der Waals surface area contributed by atoms with Gasteiger partial charge in [0.05, 0.1) is 32.9 Å². The predicted molar refractivity (Wildman–Crippen MR) is 117 cm³/mol. The van der Waals surface area contributed by atoms with Crippen LogP contribution in [0.1, 0.15) is 15.9 Å². The van der Waals surface area contributed by atoms with Crippen LogP contribution in [0.2, 0.25) is 0 Å². The van der Waals surface area contributed by atoms with Gasteiger partial charge in [0.15, 0.2) is 11.5 Å². The van der Waals surface area contributed by atoms with E-state index in [1.54, 1.807) is 51.3 Å². The molecule has 8 heteroatoms. The Labute approximate surface area is 181 Å². The maximum Gasteiger partial charge on any atom is 0.255 e. The van der Waals surface area contributed by atoms with E-state index in [1.807, 2.05) is 36.4 Å². The van der Waals surface area contributed by atoms with Crippen LogP contribution in [0.4, 0.5) is 0 Å². The fourth-order valence-corrected chi connectivity index (χ4v) is 3.04. The van der Waals surface area contributed by atoms with Gasteiger partial charge in [-0.05, 0) is 23.8 Å². The molecule has 1 heterocycles. The molecule has 162 valence electrons. The number of likely N-dealkylation sites (N-methyl/N-ethyl adjacent to an activating group) is 1. The van der Waals surface area contributed by atoms with E-state index in [0.717, 1.165) is 5.56 Å². The summed E-state index contributed by atoms with van der Waals surface area (Å²) in [7, 11) is 6.39. The molecule has 2 aromatic carbocycles. The predicted octanol–water partition coefficient (Wildman–Crippen LogP) is 2.43. The molecule has 1 aromatic heterocycles. The fourth-order valence-electron chi connectivity index (χ4n) is 3.04. The average Bonchev–Trinajstić information content (AvgIpc) is 3.21. The molecule has 0 aliphatic heterocycles. The van der Waals surface area contributed by atoms with Crippen molar-refractivity contribution in [2.45, 2.75) is 6.54 Å². The van der Waals surface area contributed by atoms with Gasteiger partial charge in [-0.2, -0.15) is 5.10 Å². The minimum absolute atomic E-state index is 0.0962. The van der Waals surface area contributed by atoms with Gasteiger partial charge in [-0.3, -0.25) is 14.3 Å². The first kappa shape index (κ1) is 21.9. The SMILES string of the molecule is COc1ccc(-c2nn(Cc3ccccc3)cc2C(=O)NCC(=O)N(C)C)cc1OC. The smallest absolute Gasteiger partial charge is 0.255 e. The number of carbonyl (C=O) groups excluding carboxylic acids is 2. The Morgan fingerprint density at radius 1 is 1.03 bits per heavy atom. The summed E-state index contributed by atoms with van der Waals surface area (Å²) in [4.78, 5) is 26.2. The molecule has 0 aliphatic carbocycles. The van der Waals surface area contributed by atoms with E-state index in [-0.39, 0.29) is 18.4 Å². The number of amides is 2. The lowest BCUT2D eigenvalue weighted by Crippen LogP contribution is -2.36. The van der Waals surface area contributed by atoms with Gasteiger partial charge in [-0.25, -0.2) is 0 Å². The van der Waals surface area contributed by atoms with Crippen molar-refractivity contribution in [1.29, 1.82) is 0 Å². The molecule has 0 saturated carbocycles. The summed E-state index contributed by atoms with van der Waals surface area (Å²) in [5.74, 6) is 0.543. The first-order chi connectivity index (χ1) is 14.9. The van der Waals surface area contributed by atoms with E-state index in [9.17, 15) is 9.59 Å². The maximum atomic E-state index is 12.9. The van der Waals surface area contributed by atoms with Crippen LogP contribution < -0.4 is 14.8 Å². The number of rotatable bonds is 8. The zero-order chi connectivity index (χ0) is 22.4. The molecule has 0 unspecified atom stereocenters. The Morgan fingerprint density at radius 2 is 1.74 bits per heavy atom. The highest BCUT2D eigenvalue weighted by Gasteiger charge is 2.20. The molecule has 0 fully saturated rings. The molecule has 3 aromatic rings. The highest BCUT2D eigenvalue weighted by atomic mass is 16.5. The second-order valence-electron chi connectivity index (χ2n) is 7.12. The van der Waals surface area contributed by atoms with E-state index in [1.165, 1.54) is 4.90 Å². The Kier molecular flexibility index (Phi) is 6.92. The molecule has 0 spiro atoms. The first-order valence-electron chi connectivity index (χ1n) is 9.75. The largest absolute Gasteiger partial charge is 0.493 e. The van der Waals surface area contributed by atoms with E-state index in [2.05, 4.69) is 10.4 Å². The Morgan fingerprint density at radius 3 is 2.39 bits per heavy atom. The van der Waals surface area contributed by atoms with Crippen LogP contribution in [0.3, 0.4) is 0 Å². The van der Waals surface area contributed by atoms with Crippen molar-refractivity contribution in [3.63, 3.8) is 0 Å². The molecule has 8 nitrogen and oxygen atoms in total. The topological polar surface area (TPSA) is 85.7 Å². The van der Waals surface area contributed by atoms with E-state index < -0.39 is 0 Å². The summed E-state index contributed by atoms with van der Waals surface area (Å²) in [6.45, 7) is 0.409. The van der Waals surface area contributed by atoms with Crippen molar-refractivity contribution in [1.82, 2.24) is 20.0 Å². The highest BCUT2D eigenvalue weighted by Crippen LogP contribution is 2.33. The van der Waals surface area contributed by atoms with E-state index in [0.29, 0.717) is 34.9 Å². The zero-order valence-electron chi connectivity index (χ0n) is 18.1. The van der Waals surface area contributed by atoms with Crippen molar-refractivity contribution in [2.24, 2.45) is 0 Å². The lowest BCUT2D eigenvalue weighted by Gasteiger charge is -2.11. The quantitative estimate of drug-likeness (QED) is 0.603. The van der Waals surface area contributed by atoms with Gasteiger partial charge in [0.1, 0.15) is 5.69 Å². The van der Waals surface area contributed by atoms with Crippen LogP contribution >= 0.6 is 0 Å². The lowest BCUT2D eigenvalue weighted by atomic mass is 10.1. The average molecular weight is 422 g/mol. The molecule has 1 N–H and O–H groups in total. The standard InChI is InChI=1S/C23H26N4O4/c1-26(2)21(28)13-24-23(29)18-15-27(14-16-8-6-5-7-9-16)25-22(18)17-10-11-19(30-3)20(12-17)31-4/h5-12,15H,13-14H2,1-4H3,(H,24,29). The van der Waals surface area contributed by atoms with Gasteiger partial charge in [-0.15, -0.1) is 0 Å². The first-order valence-corrected chi connectivity index (χ1v) is 9.75. The maximum absolute atomic E-state index is 12.9. The van der Waals surface area contributed by atoms with Crippen molar-refractivity contribution in [2.75, 3.05) is 34.9 Å². The molecule has 0 bridgehead atoms. The number of aromatic nitrogens is 2. The number of nitrogens with one attached hydrogen (secondary N) is 1. The number of nitrogens with zero attached hydrogens (tertiary/aromatic N) is 3. The minimum atomic E-state index is -0.376. The van der Waals surface area contributed by atoms with Gasteiger partial charge in [0.2, 0.25) is 5.91 Å². The summed E-state index contributed by atoms with van der Waals surface area (Å²) in [6, 6.07) is 15.2. The monoisotopic (exact) mass is 422 g/mol. The van der Waals surface area contributed by atoms with Gasteiger partial charge in [0, 0.05) is 25.9 Å². The van der Waals surface area contributed by atoms with Crippen molar-refractivity contribution in [3.05, 3.63) is 65.9 Å². The summed E-state index contributed by atoms with van der Waals surface area (Å²) in [6.07, 6.45) is 1.69. The zero-order valence-corrected chi connectivity index (χ0v) is 18.1. The van der Waals surface area contributed by atoms with Crippen LogP contribution in [0.5, 0.6) is 11.5 Å². The van der Waals surface area contributed by atoms with Crippen LogP contribution in [0, 0.1) is 0 Å². The molecule has 0 saturated heterocycles. The van der Waals surface area contributed by atoms with Gasteiger partial charge in [0.25, 0.3) is 5.91 Å². The Balaban J connectivity index is 1.97. The van der Waals surface area contributed by atoms with E-state index >= 15 is 0 Å². The van der Waals surface area contributed by atoms with Crippen LogP contribution in [0.15, 0.2) is 54.7 Å². The third kappa shape index (κ3) is 5.22. The molecule has 0 radical (unpaired) electrons. The van der Waals surface area contributed by atoms with Crippen LogP contribution in [-0.4, -0.2) is 61.4 Å². The molecule has 3 rings (SSSR count). The molecule has 0 atom stereocenters.